The summed E-state index contributed by atoms with van der Waals surface area (Å²) in [6, 6.07) is 1.87. The van der Waals surface area contributed by atoms with Gasteiger partial charge in [0, 0.05) is 13.1 Å². The van der Waals surface area contributed by atoms with E-state index in [1.165, 1.54) is 0 Å². The molecule has 0 unspecified atom stereocenters. The van der Waals surface area contributed by atoms with Gasteiger partial charge in [-0.3, -0.25) is 14.2 Å². The third-order valence-electron chi connectivity index (χ3n) is 3.03. The molecule has 6 heteroatoms. The van der Waals surface area contributed by atoms with Crippen molar-refractivity contribution in [1.29, 1.82) is 0 Å². The summed E-state index contributed by atoms with van der Waals surface area (Å²) < 4.78 is 4.17. The molecule has 5 nitrogen and oxygen atoms in total. The maximum absolute atomic E-state index is 12.7. The van der Waals surface area contributed by atoms with Gasteiger partial charge in [-0.05, 0) is 42.3 Å². The van der Waals surface area contributed by atoms with Crippen LogP contribution in [0.15, 0.2) is 16.7 Å². The molecule has 0 bridgehead atoms. The van der Waals surface area contributed by atoms with Crippen molar-refractivity contribution in [2.75, 3.05) is 0 Å². The third kappa shape index (κ3) is 2.49. The van der Waals surface area contributed by atoms with Crippen molar-refractivity contribution in [1.82, 2.24) is 19.6 Å². The van der Waals surface area contributed by atoms with Gasteiger partial charge in [0.25, 0.3) is 0 Å². The second-order valence-corrected chi connectivity index (χ2v) is 5.03. The summed E-state index contributed by atoms with van der Waals surface area (Å²) >= 11 is 3.39. The van der Waals surface area contributed by atoms with Crippen LogP contribution in [0.5, 0.6) is 0 Å². The van der Waals surface area contributed by atoms with Gasteiger partial charge in [0.2, 0.25) is 5.78 Å². The van der Waals surface area contributed by atoms with Crippen LogP contribution in [0, 0.1) is 0 Å². The highest BCUT2D eigenvalue weighted by molar-refractivity contribution is 9.10. The molecule has 0 aliphatic carbocycles. The maximum atomic E-state index is 12.7. The van der Waals surface area contributed by atoms with Crippen LogP contribution in [0.2, 0.25) is 0 Å². The molecule has 0 spiro atoms. The smallest absolute Gasteiger partial charge is 0.230 e. The molecule has 2 aromatic rings. The summed E-state index contributed by atoms with van der Waals surface area (Å²) in [6.45, 7) is 7.31. The Kier molecular flexibility index (Phi) is 4.19. The molecule has 0 N–H and O–H groups in total. The maximum Gasteiger partial charge on any atom is 0.230 e. The molecule has 0 radical (unpaired) electrons. The zero-order chi connectivity index (χ0) is 14.0. The molecule has 0 amide bonds. The van der Waals surface area contributed by atoms with E-state index in [4.69, 9.17) is 0 Å². The van der Waals surface area contributed by atoms with Gasteiger partial charge < -0.3 is 0 Å². The fourth-order valence-corrected chi connectivity index (χ4v) is 2.49. The Morgan fingerprint density at radius 2 is 1.95 bits per heavy atom. The number of ketones is 1. The second-order valence-electron chi connectivity index (χ2n) is 4.18. The minimum atomic E-state index is -0.0414. The minimum absolute atomic E-state index is 0.0414. The van der Waals surface area contributed by atoms with E-state index in [1.54, 1.807) is 15.6 Å². The molecule has 2 rings (SSSR count). The first-order valence-electron chi connectivity index (χ1n) is 6.45. The molecule has 0 saturated heterocycles. The van der Waals surface area contributed by atoms with E-state index >= 15 is 0 Å². The van der Waals surface area contributed by atoms with Gasteiger partial charge in [-0.15, -0.1) is 0 Å². The molecule has 19 heavy (non-hydrogen) atoms. The van der Waals surface area contributed by atoms with Crippen molar-refractivity contribution < 1.29 is 4.79 Å². The van der Waals surface area contributed by atoms with E-state index in [0.717, 1.165) is 16.6 Å². The Bertz CT molecular complexity index is 600. The second kappa shape index (κ2) is 5.69. The highest BCUT2D eigenvalue weighted by Crippen LogP contribution is 2.20. The average Bonchev–Trinajstić information content (AvgIpc) is 3.00. The monoisotopic (exact) mass is 324 g/mol. The Morgan fingerprint density at radius 1 is 1.26 bits per heavy atom. The molecule has 2 aromatic heterocycles. The average molecular weight is 325 g/mol. The summed E-state index contributed by atoms with van der Waals surface area (Å²) in [7, 11) is 0. The van der Waals surface area contributed by atoms with Crippen LogP contribution >= 0.6 is 15.9 Å². The molecular weight excluding hydrogens is 308 g/mol. The Balaban J connectivity index is 2.49. The number of rotatable bonds is 5. The highest BCUT2D eigenvalue weighted by Gasteiger charge is 2.22. The topological polar surface area (TPSA) is 52.7 Å². The van der Waals surface area contributed by atoms with E-state index in [1.807, 2.05) is 26.8 Å². The lowest BCUT2D eigenvalue weighted by Gasteiger charge is -2.06. The highest BCUT2D eigenvalue weighted by atomic mass is 79.9. The van der Waals surface area contributed by atoms with Crippen molar-refractivity contribution >= 4 is 21.7 Å². The largest absolute Gasteiger partial charge is 0.285 e. The first kappa shape index (κ1) is 14.0. The van der Waals surface area contributed by atoms with Crippen molar-refractivity contribution in [3.63, 3.8) is 0 Å². The lowest BCUT2D eigenvalue weighted by Crippen LogP contribution is -2.15. The zero-order valence-corrected chi connectivity index (χ0v) is 12.9. The van der Waals surface area contributed by atoms with Gasteiger partial charge >= 0.3 is 0 Å². The first-order chi connectivity index (χ1) is 9.12. The van der Waals surface area contributed by atoms with E-state index in [0.29, 0.717) is 24.5 Å². The fourth-order valence-electron chi connectivity index (χ4n) is 2.02. The third-order valence-corrected chi connectivity index (χ3v) is 3.61. The number of carbonyl (C=O) groups excluding carboxylic acids is 1. The van der Waals surface area contributed by atoms with Crippen molar-refractivity contribution in [2.45, 2.75) is 40.3 Å². The number of aromatic nitrogens is 4. The summed E-state index contributed by atoms with van der Waals surface area (Å²) in [4.78, 5) is 12.7. The standard InChI is InChI=1S/C13H17BrN4O/c1-4-9-7-11(17(5-2)16-9)13(19)12-10(14)8-15-18(12)6-3/h7-8H,4-6H2,1-3H3. The van der Waals surface area contributed by atoms with Gasteiger partial charge in [-0.2, -0.15) is 10.2 Å². The normalized spacial score (nSPS) is 10.9. The molecule has 0 aliphatic rings. The number of hydrogen-bond donors (Lipinski definition) is 0. The van der Waals surface area contributed by atoms with Crippen LogP contribution in [0.25, 0.3) is 0 Å². The van der Waals surface area contributed by atoms with Crippen LogP contribution in [-0.4, -0.2) is 25.3 Å². The first-order valence-corrected chi connectivity index (χ1v) is 7.24. The molecule has 0 saturated carbocycles. The molecule has 0 aliphatic heterocycles. The Hall–Kier alpha value is -1.43. The van der Waals surface area contributed by atoms with E-state index in [2.05, 4.69) is 26.1 Å². The predicted octanol–water partition coefficient (Wildman–Crippen LogP) is 2.68. The SMILES string of the molecule is CCc1cc(C(=O)c2c(Br)cnn2CC)n(CC)n1. The Morgan fingerprint density at radius 3 is 2.53 bits per heavy atom. The van der Waals surface area contributed by atoms with Crippen LogP contribution < -0.4 is 0 Å². The van der Waals surface area contributed by atoms with Gasteiger partial charge in [-0.25, -0.2) is 0 Å². The molecule has 0 atom stereocenters. The fraction of sp³-hybridized carbons (Fsp3) is 0.462. The lowest BCUT2D eigenvalue weighted by atomic mass is 10.2. The van der Waals surface area contributed by atoms with Crippen LogP contribution in [0.4, 0.5) is 0 Å². The number of aryl methyl sites for hydroxylation is 3. The molecule has 0 aromatic carbocycles. The number of nitrogens with zero attached hydrogens (tertiary/aromatic N) is 4. The zero-order valence-electron chi connectivity index (χ0n) is 11.4. The van der Waals surface area contributed by atoms with Gasteiger partial charge in [0.1, 0.15) is 11.4 Å². The minimum Gasteiger partial charge on any atom is -0.285 e. The summed E-state index contributed by atoms with van der Waals surface area (Å²) in [5.41, 5.74) is 2.14. The van der Waals surface area contributed by atoms with E-state index in [-0.39, 0.29) is 5.78 Å². The summed E-state index contributed by atoms with van der Waals surface area (Å²) in [5, 5.41) is 8.60. The van der Waals surface area contributed by atoms with Crippen molar-refractivity contribution in [3.8, 4) is 0 Å². The summed E-state index contributed by atoms with van der Waals surface area (Å²) in [6.07, 6.45) is 2.48. The lowest BCUT2D eigenvalue weighted by molar-refractivity contribution is 0.101. The number of carbonyl (C=O) groups is 1. The van der Waals surface area contributed by atoms with E-state index in [9.17, 15) is 4.79 Å². The van der Waals surface area contributed by atoms with Gasteiger partial charge in [-0.1, -0.05) is 6.92 Å². The quantitative estimate of drug-likeness (QED) is 0.794. The van der Waals surface area contributed by atoms with E-state index < -0.39 is 0 Å². The molecule has 2 heterocycles. The summed E-state index contributed by atoms with van der Waals surface area (Å²) in [5.74, 6) is -0.0414. The van der Waals surface area contributed by atoms with Crippen LogP contribution in [0.1, 0.15) is 42.6 Å². The van der Waals surface area contributed by atoms with Crippen LogP contribution in [0.3, 0.4) is 0 Å². The van der Waals surface area contributed by atoms with Crippen molar-refractivity contribution in [3.05, 3.63) is 33.8 Å². The van der Waals surface area contributed by atoms with Crippen LogP contribution in [-0.2, 0) is 19.5 Å². The predicted molar refractivity (Wildman–Crippen MR) is 76.3 cm³/mol. The molecular formula is C13H17BrN4O. The van der Waals surface area contributed by atoms with Gasteiger partial charge in [0.05, 0.1) is 16.4 Å². The molecule has 102 valence electrons. The number of hydrogen-bond acceptors (Lipinski definition) is 3. The Labute approximate surface area is 120 Å². The number of halogens is 1. The van der Waals surface area contributed by atoms with Gasteiger partial charge in [0.15, 0.2) is 0 Å². The van der Waals surface area contributed by atoms with Crippen molar-refractivity contribution in [2.24, 2.45) is 0 Å². The molecule has 0 fully saturated rings.